The molecule has 1 aromatic heterocycles. The van der Waals surface area contributed by atoms with Gasteiger partial charge in [0.25, 0.3) is 5.91 Å². The molecular formula is C20H23N3O3S2. The second-order valence-electron chi connectivity index (χ2n) is 7.04. The Hall–Kier alpha value is -2.29. The van der Waals surface area contributed by atoms with Crippen LogP contribution in [0, 0.1) is 13.8 Å². The van der Waals surface area contributed by atoms with Crippen molar-refractivity contribution in [1.29, 1.82) is 0 Å². The number of anilines is 1. The lowest BCUT2D eigenvalue weighted by Gasteiger charge is -2.20. The first-order chi connectivity index (χ1) is 13.1. The van der Waals surface area contributed by atoms with Gasteiger partial charge in [-0.3, -0.25) is 10.1 Å². The molecule has 0 atom stereocenters. The highest BCUT2D eigenvalue weighted by molar-refractivity contribution is 7.89. The second kappa shape index (κ2) is 7.62. The quantitative estimate of drug-likeness (QED) is 0.675. The van der Waals surface area contributed by atoms with E-state index in [4.69, 9.17) is 0 Å². The van der Waals surface area contributed by atoms with Crippen LogP contribution in [0.5, 0.6) is 0 Å². The molecule has 0 saturated carbocycles. The molecule has 1 N–H and O–H groups in total. The molecule has 3 aromatic rings. The predicted octanol–water partition coefficient (Wildman–Crippen LogP) is 4.19. The van der Waals surface area contributed by atoms with Crippen molar-refractivity contribution in [1.82, 2.24) is 9.29 Å². The van der Waals surface area contributed by atoms with Crippen molar-refractivity contribution in [2.45, 2.75) is 38.6 Å². The van der Waals surface area contributed by atoms with E-state index in [1.54, 1.807) is 13.8 Å². The molecule has 0 bridgehead atoms. The largest absolute Gasteiger partial charge is 0.298 e. The lowest BCUT2D eigenvalue weighted by atomic mass is 10.1. The zero-order valence-corrected chi connectivity index (χ0v) is 18.1. The summed E-state index contributed by atoms with van der Waals surface area (Å²) in [5.74, 6) is -0.324. The standard InChI is InChI=1S/C20H23N3O3S2/c1-12(2)23(5)28(25,26)16-8-6-15(7-9-16)19(24)22-20-21-17-11-13(3)10-14(4)18(17)27-20/h6-12H,1-5H3,(H,21,22,24). The monoisotopic (exact) mass is 417 g/mol. The summed E-state index contributed by atoms with van der Waals surface area (Å²) in [6.07, 6.45) is 0. The zero-order chi connectivity index (χ0) is 20.6. The summed E-state index contributed by atoms with van der Waals surface area (Å²) < 4.78 is 27.4. The number of carbonyl (C=O) groups is 1. The lowest BCUT2D eigenvalue weighted by molar-refractivity contribution is 0.102. The number of thiazole rings is 1. The van der Waals surface area contributed by atoms with Gasteiger partial charge in [-0.1, -0.05) is 17.4 Å². The predicted molar refractivity (Wildman–Crippen MR) is 114 cm³/mol. The maximum atomic E-state index is 12.5. The van der Waals surface area contributed by atoms with Crippen LogP contribution in [-0.4, -0.2) is 36.7 Å². The Morgan fingerprint density at radius 1 is 1.14 bits per heavy atom. The fraction of sp³-hybridized carbons (Fsp3) is 0.300. The van der Waals surface area contributed by atoms with Crippen LogP contribution in [0.2, 0.25) is 0 Å². The fourth-order valence-corrected chi connectivity index (χ4v) is 5.10. The van der Waals surface area contributed by atoms with Crippen molar-refractivity contribution in [3.63, 3.8) is 0 Å². The van der Waals surface area contributed by atoms with E-state index in [0.717, 1.165) is 21.3 Å². The summed E-state index contributed by atoms with van der Waals surface area (Å²) in [6.45, 7) is 7.64. The Balaban J connectivity index is 1.81. The van der Waals surface area contributed by atoms with Gasteiger partial charge in [0.15, 0.2) is 5.13 Å². The highest BCUT2D eigenvalue weighted by atomic mass is 32.2. The Morgan fingerprint density at radius 2 is 1.79 bits per heavy atom. The number of hydrogen-bond acceptors (Lipinski definition) is 5. The van der Waals surface area contributed by atoms with Crippen LogP contribution in [0.25, 0.3) is 10.2 Å². The molecule has 0 unspecified atom stereocenters. The molecule has 0 fully saturated rings. The molecule has 2 aromatic carbocycles. The molecule has 0 spiro atoms. The van der Waals surface area contributed by atoms with Gasteiger partial charge in [0.1, 0.15) is 0 Å². The van der Waals surface area contributed by atoms with E-state index in [1.165, 1.54) is 47.0 Å². The fourth-order valence-electron chi connectivity index (χ4n) is 2.82. The van der Waals surface area contributed by atoms with Crippen molar-refractivity contribution < 1.29 is 13.2 Å². The second-order valence-corrected chi connectivity index (χ2v) is 10.0. The SMILES string of the molecule is Cc1cc(C)c2sc(NC(=O)c3ccc(S(=O)(=O)N(C)C(C)C)cc3)nc2c1. The zero-order valence-electron chi connectivity index (χ0n) is 16.5. The first kappa shape index (κ1) is 20.4. The molecule has 1 amide bonds. The van der Waals surface area contributed by atoms with E-state index in [-0.39, 0.29) is 16.8 Å². The van der Waals surface area contributed by atoms with Crippen molar-refractivity contribution in [2.24, 2.45) is 0 Å². The number of sulfonamides is 1. The molecule has 0 aliphatic carbocycles. The number of carbonyl (C=O) groups excluding carboxylic acids is 1. The Morgan fingerprint density at radius 3 is 2.39 bits per heavy atom. The number of nitrogens with one attached hydrogen (secondary N) is 1. The van der Waals surface area contributed by atoms with E-state index in [9.17, 15) is 13.2 Å². The van der Waals surface area contributed by atoms with Crippen molar-refractivity contribution in [2.75, 3.05) is 12.4 Å². The van der Waals surface area contributed by atoms with Gasteiger partial charge in [0.2, 0.25) is 10.0 Å². The van der Waals surface area contributed by atoms with Gasteiger partial charge in [-0.2, -0.15) is 4.31 Å². The summed E-state index contributed by atoms with van der Waals surface area (Å²) >= 11 is 1.42. The van der Waals surface area contributed by atoms with Crippen LogP contribution in [0.15, 0.2) is 41.3 Å². The van der Waals surface area contributed by atoms with Crippen molar-refractivity contribution >= 4 is 42.6 Å². The Kier molecular flexibility index (Phi) is 5.56. The number of benzene rings is 2. The molecular weight excluding hydrogens is 394 g/mol. The average molecular weight is 418 g/mol. The van der Waals surface area contributed by atoms with Gasteiger partial charge in [-0.25, -0.2) is 13.4 Å². The molecule has 0 radical (unpaired) electrons. The Labute approximate surface area is 169 Å². The number of fused-ring (bicyclic) bond motifs is 1. The van der Waals surface area contributed by atoms with E-state index in [0.29, 0.717) is 10.7 Å². The highest BCUT2D eigenvalue weighted by Gasteiger charge is 2.23. The molecule has 28 heavy (non-hydrogen) atoms. The average Bonchev–Trinajstić information content (AvgIpc) is 3.03. The van der Waals surface area contributed by atoms with Crippen LogP contribution in [0.1, 0.15) is 35.3 Å². The smallest absolute Gasteiger partial charge is 0.257 e. The minimum absolute atomic E-state index is 0.154. The third kappa shape index (κ3) is 3.94. The van der Waals surface area contributed by atoms with Crippen LogP contribution >= 0.6 is 11.3 Å². The first-order valence-corrected chi connectivity index (χ1v) is 11.1. The van der Waals surface area contributed by atoms with Crippen LogP contribution < -0.4 is 5.32 Å². The van der Waals surface area contributed by atoms with E-state index >= 15 is 0 Å². The molecule has 1 heterocycles. The van der Waals surface area contributed by atoms with Gasteiger partial charge in [-0.05, 0) is 69.2 Å². The number of rotatable bonds is 5. The lowest BCUT2D eigenvalue weighted by Crippen LogP contribution is -2.33. The van der Waals surface area contributed by atoms with Gasteiger partial charge in [0, 0.05) is 18.7 Å². The number of aryl methyl sites for hydroxylation is 2. The normalized spacial score (nSPS) is 12.1. The number of nitrogens with zero attached hydrogens (tertiary/aromatic N) is 2. The summed E-state index contributed by atoms with van der Waals surface area (Å²) in [4.78, 5) is 17.2. The summed E-state index contributed by atoms with van der Waals surface area (Å²) in [7, 11) is -2.04. The van der Waals surface area contributed by atoms with Gasteiger partial charge >= 0.3 is 0 Å². The molecule has 6 nitrogen and oxygen atoms in total. The maximum Gasteiger partial charge on any atom is 0.257 e. The molecule has 0 saturated heterocycles. The number of amides is 1. The van der Waals surface area contributed by atoms with Gasteiger partial charge in [-0.15, -0.1) is 0 Å². The first-order valence-electron chi connectivity index (χ1n) is 8.87. The van der Waals surface area contributed by atoms with E-state index < -0.39 is 10.0 Å². The third-order valence-electron chi connectivity index (χ3n) is 4.56. The number of aromatic nitrogens is 1. The van der Waals surface area contributed by atoms with Crippen LogP contribution in [-0.2, 0) is 10.0 Å². The topological polar surface area (TPSA) is 79.4 Å². The minimum Gasteiger partial charge on any atom is -0.298 e. The summed E-state index contributed by atoms with van der Waals surface area (Å²) in [6, 6.07) is 9.85. The summed E-state index contributed by atoms with van der Waals surface area (Å²) in [5, 5.41) is 3.32. The van der Waals surface area contributed by atoms with Gasteiger partial charge < -0.3 is 0 Å². The Bertz CT molecular complexity index is 1130. The van der Waals surface area contributed by atoms with E-state index in [2.05, 4.69) is 16.4 Å². The number of hydrogen-bond donors (Lipinski definition) is 1. The third-order valence-corrected chi connectivity index (χ3v) is 7.73. The van der Waals surface area contributed by atoms with E-state index in [1.807, 2.05) is 19.9 Å². The van der Waals surface area contributed by atoms with Crippen molar-refractivity contribution in [3.05, 3.63) is 53.1 Å². The molecule has 0 aliphatic rings. The van der Waals surface area contributed by atoms with Crippen LogP contribution in [0.4, 0.5) is 5.13 Å². The minimum atomic E-state index is -3.57. The molecule has 3 rings (SSSR count). The highest BCUT2D eigenvalue weighted by Crippen LogP contribution is 2.30. The summed E-state index contributed by atoms with van der Waals surface area (Å²) in [5.41, 5.74) is 3.47. The maximum absolute atomic E-state index is 12.5. The van der Waals surface area contributed by atoms with Gasteiger partial charge in [0.05, 0.1) is 15.1 Å². The van der Waals surface area contributed by atoms with Crippen LogP contribution in [0.3, 0.4) is 0 Å². The van der Waals surface area contributed by atoms with Crippen molar-refractivity contribution in [3.8, 4) is 0 Å². The molecule has 0 aliphatic heterocycles. The molecule has 8 heteroatoms. The molecule has 148 valence electrons.